The van der Waals surface area contributed by atoms with Gasteiger partial charge in [-0.2, -0.15) is 0 Å². The Kier molecular flexibility index (Phi) is 6.57. The minimum absolute atomic E-state index is 0.134. The molecule has 182 valence electrons. The Hall–Kier alpha value is -3.61. The molecule has 2 heterocycles. The highest BCUT2D eigenvalue weighted by molar-refractivity contribution is 6.05. The number of rotatable bonds is 5. The van der Waals surface area contributed by atoms with E-state index in [1.807, 2.05) is 12.2 Å². The molecule has 35 heavy (non-hydrogen) atoms. The highest BCUT2D eigenvalue weighted by atomic mass is 16.2. The van der Waals surface area contributed by atoms with E-state index < -0.39 is 0 Å². The quantitative estimate of drug-likeness (QED) is 0.670. The topological polar surface area (TPSA) is 73.0 Å². The van der Waals surface area contributed by atoms with E-state index in [0.717, 1.165) is 18.7 Å². The van der Waals surface area contributed by atoms with Crippen LogP contribution in [0.1, 0.15) is 48.0 Å². The SMILES string of the molecule is CN(Cc1ccc(N2CCCCC2)cc1)C(=O)c1cccc(N2NC(=O)[C@@H]3CC=CC[C@H]3C2=O)c1. The van der Waals surface area contributed by atoms with Crippen molar-refractivity contribution in [1.29, 1.82) is 0 Å². The van der Waals surface area contributed by atoms with Crippen LogP contribution in [-0.4, -0.2) is 42.8 Å². The molecule has 0 spiro atoms. The van der Waals surface area contributed by atoms with Crippen molar-refractivity contribution in [2.75, 3.05) is 30.0 Å². The van der Waals surface area contributed by atoms with Crippen LogP contribution in [-0.2, 0) is 16.1 Å². The van der Waals surface area contributed by atoms with Gasteiger partial charge in [0.25, 0.3) is 5.91 Å². The molecule has 0 saturated carbocycles. The maximum Gasteiger partial charge on any atom is 0.253 e. The lowest BCUT2D eigenvalue weighted by atomic mass is 9.80. The Balaban J connectivity index is 1.26. The fraction of sp³-hybridized carbons (Fsp3) is 0.393. The number of amides is 3. The third-order valence-electron chi connectivity index (χ3n) is 7.30. The van der Waals surface area contributed by atoms with Gasteiger partial charge in [-0.05, 0) is 68.0 Å². The summed E-state index contributed by atoms with van der Waals surface area (Å²) >= 11 is 0. The molecule has 3 amide bonds. The van der Waals surface area contributed by atoms with Crippen molar-refractivity contribution in [1.82, 2.24) is 10.3 Å². The predicted octanol–water partition coefficient (Wildman–Crippen LogP) is 3.91. The molecule has 3 aliphatic rings. The molecule has 0 aromatic heterocycles. The summed E-state index contributed by atoms with van der Waals surface area (Å²) in [7, 11) is 1.78. The van der Waals surface area contributed by atoms with Gasteiger partial charge in [-0.3, -0.25) is 19.8 Å². The monoisotopic (exact) mass is 472 g/mol. The van der Waals surface area contributed by atoms with Crippen molar-refractivity contribution >= 4 is 29.1 Å². The Morgan fingerprint density at radius 1 is 0.943 bits per heavy atom. The van der Waals surface area contributed by atoms with E-state index in [2.05, 4.69) is 34.6 Å². The van der Waals surface area contributed by atoms with Crippen LogP contribution in [0.2, 0.25) is 0 Å². The number of hydrazine groups is 1. The normalized spacial score (nSPS) is 22.0. The van der Waals surface area contributed by atoms with Gasteiger partial charge in [0.2, 0.25) is 11.8 Å². The summed E-state index contributed by atoms with van der Waals surface area (Å²) < 4.78 is 0. The zero-order chi connectivity index (χ0) is 24.4. The largest absolute Gasteiger partial charge is 0.372 e. The standard InChI is InChI=1S/C28H32N4O3/c1-30(19-20-12-14-22(15-13-20)31-16-5-2-6-17-31)27(34)21-8-7-9-23(18-21)32-28(35)25-11-4-3-10-24(25)26(33)29-32/h3-4,7-9,12-15,18,24-25H,2,5-6,10-11,16-17,19H2,1H3,(H,29,33)/t24-,25-/m1/s1. The average molecular weight is 473 g/mol. The summed E-state index contributed by atoms with van der Waals surface area (Å²) in [5.74, 6) is -1.10. The molecule has 5 rings (SSSR count). The molecule has 2 fully saturated rings. The molecule has 2 atom stereocenters. The molecular weight excluding hydrogens is 440 g/mol. The van der Waals surface area contributed by atoms with Gasteiger partial charge in [0, 0.05) is 37.9 Å². The number of anilines is 2. The fourth-order valence-corrected chi connectivity index (χ4v) is 5.29. The van der Waals surface area contributed by atoms with E-state index in [4.69, 9.17) is 0 Å². The molecular formula is C28H32N4O3. The first-order chi connectivity index (χ1) is 17.0. The van der Waals surface area contributed by atoms with Crippen molar-refractivity contribution in [2.45, 2.75) is 38.6 Å². The first-order valence-corrected chi connectivity index (χ1v) is 12.5. The molecule has 1 aliphatic carbocycles. The lowest BCUT2D eigenvalue weighted by molar-refractivity contribution is -0.139. The third kappa shape index (κ3) is 4.81. The average Bonchev–Trinajstić information content (AvgIpc) is 2.91. The summed E-state index contributed by atoms with van der Waals surface area (Å²) in [6.45, 7) is 2.69. The maximum absolute atomic E-state index is 13.2. The smallest absolute Gasteiger partial charge is 0.253 e. The molecule has 2 aliphatic heterocycles. The minimum atomic E-state index is -0.358. The fourth-order valence-electron chi connectivity index (χ4n) is 5.29. The lowest BCUT2D eigenvalue weighted by Gasteiger charge is -2.38. The molecule has 2 aromatic carbocycles. The molecule has 0 bridgehead atoms. The molecule has 0 radical (unpaired) electrons. The van der Waals surface area contributed by atoms with Crippen LogP contribution >= 0.6 is 0 Å². The van der Waals surface area contributed by atoms with Crippen molar-refractivity contribution in [2.24, 2.45) is 11.8 Å². The van der Waals surface area contributed by atoms with Crippen LogP contribution < -0.4 is 15.3 Å². The van der Waals surface area contributed by atoms with Gasteiger partial charge >= 0.3 is 0 Å². The Morgan fingerprint density at radius 2 is 1.66 bits per heavy atom. The van der Waals surface area contributed by atoms with Gasteiger partial charge < -0.3 is 9.80 Å². The van der Waals surface area contributed by atoms with Crippen molar-refractivity contribution < 1.29 is 14.4 Å². The second-order valence-corrected chi connectivity index (χ2v) is 9.73. The number of nitrogens with one attached hydrogen (secondary N) is 1. The van der Waals surface area contributed by atoms with E-state index in [9.17, 15) is 14.4 Å². The summed E-state index contributed by atoms with van der Waals surface area (Å²) in [5, 5.41) is 1.30. The number of hydrogen-bond acceptors (Lipinski definition) is 4. The van der Waals surface area contributed by atoms with Gasteiger partial charge in [0.15, 0.2) is 0 Å². The molecule has 1 N–H and O–H groups in total. The number of fused-ring (bicyclic) bond motifs is 1. The number of carbonyl (C=O) groups excluding carboxylic acids is 3. The van der Waals surface area contributed by atoms with Crippen LogP contribution in [0.3, 0.4) is 0 Å². The molecule has 7 heteroatoms. The second-order valence-electron chi connectivity index (χ2n) is 9.73. The zero-order valence-corrected chi connectivity index (χ0v) is 20.2. The number of piperidine rings is 1. The first-order valence-electron chi connectivity index (χ1n) is 12.5. The highest BCUT2D eigenvalue weighted by Crippen LogP contribution is 2.32. The number of nitrogens with zero attached hydrogens (tertiary/aromatic N) is 3. The Labute approximate surface area is 206 Å². The zero-order valence-electron chi connectivity index (χ0n) is 20.2. The summed E-state index contributed by atoms with van der Waals surface area (Å²) in [6.07, 6.45) is 8.85. The van der Waals surface area contributed by atoms with E-state index >= 15 is 0 Å². The number of benzene rings is 2. The number of hydrogen-bond donors (Lipinski definition) is 1. The molecule has 2 saturated heterocycles. The Morgan fingerprint density at radius 3 is 2.40 bits per heavy atom. The van der Waals surface area contributed by atoms with Gasteiger partial charge in [-0.1, -0.05) is 30.4 Å². The van der Waals surface area contributed by atoms with E-state index in [1.54, 1.807) is 36.2 Å². The summed E-state index contributed by atoms with van der Waals surface area (Å²) in [4.78, 5) is 43.0. The molecule has 7 nitrogen and oxygen atoms in total. The number of carbonyl (C=O) groups is 3. The minimum Gasteiger partial charge on any atom is -0.372 e. The molecule has 0 unspecified atom stereocenters. The van der Waals surface area contributed by atoms with Gasteiger partial charge in [-0.15, -0.1) is 0 Å². The van der Waals surface area contributed by atoms with Gasteiger partial charge in [0.1, 0.15) is 0 Å². The summed E-state index contributed by atoms with van der Waals surface area (Å²) in [6, 6.07) is 15.3. The third-order valence-corrected chi connectivity index (χ3v) is 7.30. The van der Waals surface area contributed by atoms with Crippen molar-refractivity contribution in [3.8, 4) is 0 Å². The van der Waals surface area contributed by atoms with Crippen molar-refractivity contribution in [3.05, 3.63) is 71.8 Å². The predicted molar refractivity (Wildman–Crippen MR) is 136 cm³/mol. The van der Waals surface area contributed by atoms with E-state index in [1.165, 1.54) is 30.0 Å². The first kappa shape index (κ1) is 23.1. The van der Waals surface area contributed by atoms with Crippen LogP contribution in [0.5, 0.6) is 0 Å². The van der Waals surface area contributed by atoms with Gasteiger partial charge in [0.05, 0.1) is 17.5 Å². The highest BCUT2D eigenvalue weighted by Gasteiger charge is 2.42. The number of allylic oxidation sites excluding steroid dienone is 2. The van der Waals surface area contributed by atoms with E-state index in [-0.39, 0.29) is 29.6 Å². The Bertz CT molecular complexity index is 1140. The van der Waals surface area contributed by atoms with Gasteiger partial charge in [-0.25, -0.2) is 5.01 Å². The van der Waals surface area contributed by atoms with Crippen molar-refractivity contribution in [3.63, 3.8) is 0 Å². The van der Waals surface area contributed by atoms with Crippen LogP contribution in [0, 0.1) is 11.8 Å². The van der Waals surface area contributed by atoms with Crippen LogP contribution in [0.15, 0.2) is 60.7 Å². The molecule has 2 aromatic rings. The summed E-state index contributed by atoms with van der Waals surface area (Å²) in [5.41, 5.74) is 6.01. The lowest BCUT2D eigenvalue weighted by Crippen LogP contribution is -2.59. The second kappa shape index (κ2) is 9.94. The van der Waals surface area contributed by atoms with E-state index in [0.29, 0.717) is 30.6 Å². The van der Waals surface area contributed by atoms with Crippen LogP contribution in [0.4, 0.5) is 11.4 Å². The maximum atomic E-state index is 13.2. The van der Waals surface area contributed by atoms with Crippen LogP contribution in [0.25, 0.3) is 0 Å².